The summed E-state index contributed by atoms with van der Waals surface area (Å²) in [4.78, 5) is 1.29. The maximum absolute atomic E-state index is 6.48. The van der Waals surface area contributed by atoms with Gasteiger partial charge in [-0.05, 0) is 58.3 Å². The van der Waals surface area contributed by atoms with Crippen LogP contribution in [0.3, 0.4) is 0 Å². The first kappa shape index (κ1) is 13.4. The Labute approximate surface area is 125 Å². The van der Waals surface area contributed by atoms with Crippen LogP contribution in [0.1, 0.15) is 30.2 Å². The molecule has 5 heteroatoms. The zero-order valence-corrected chi connectivity index (χ0v) is 13.5. The molecule has 0 bridgehead atoms. The molecule has 2 N–H and O–H groups in total. The Morgan fingerprint density at radius 1 is 1.56 bits per heavy atom. The molecule has 2 nitrogen and oxygen atoms in total. The summed E-state index contributed by atoms with van der Waals surface area (Å²) >= 11 is 7.39. The van der Waals surface area contributed by atoms with Crippen molar-refractivity contribution in [3.05, 3.63) is 20.8 Å². The molecule has 1 spiro atoms. The van der Waals surface area contributed by atoms with E-state index in [1.54, 1.807) is 11.3 Å². The molecule has 18 heavy (non-hydrogen) atoms. The summed E-state index contributed by atoms with van der Waals surface area (Å²) in [5.41, 5.74) is 6.62. The standard InChI is InChI=1S/C13H18BrNOS2/c14-10-2-5-18-12(10)11(15)9-1-4-16-13(7-9)3-6-17-8-13/h2,5,9,11H,1,3-4,6-8,15H2. The predicted octanol–water partition coefficient (Wildman–Crippen LogP) is 3.81. The van der Waals surface area contributed by atoms with Crippen LogP contribution in [0.4, 0.5) is 0 Å². The van der Waals surface area contributed by atoms with Crippen molar-refractivity contribution in [2.45, 2.75) is 30.9 Å². The molecular weight excluding hydrogens is 330 g/mol. The minimum atomic E-state index is 0.134. The molecule has 3 rings (SSSR count). The molecule has 3 unspecified atom stereocenters. The van der Waals surface area contributed by atoms with Crippen molar-refractivity contribution in [1.82, 2.24) is 0 Å². The first-order valence-electron chi connectivity index (χ1n) is 6.40. The fourth-order valence-electron chi connectivity index (χ4n) is 2.99. The number of thiophene rings is 1. The van der Waals surface area contributed by atoms with Crippen LogP contribution in [0.2, 0.25) is 0 Å². The minimum Gasteiger partial charge on any atom is -0.374 e. The number of nitrogens with two attached hydrogens (primary N) is 1. The maximum Gasteiger partial charge on any atom is 0.0783 e. The molecule has 3 atom stereocenters. The van der Waals surface area contributed by atoms with Gasteiger partial charge in [-0.25, -0.2) is 0 Å². The molecular formula is C13H18BrNOS2. The number of hydrogen-bond donors (Lipinski definition) is 1. The summed E-state index contributed by atoms with van der Waals surface area (Å²) < 4.78 is 7.24. The Bertz CT molecular complexity index is 417. The van der Waals surface area contributed by atoms with E-state index in [4.69, 9.17) is 10.5 Å². The summed E-state index contributed by atoms with van der Waals surface area (Å²) in [7, 11) is 0. The Morgan fingerprint density at radius 3 is 3.11 bits per heavy atom. The quantitative estimate of drug-likeness (QED) is 0.883. The zero-order chi connectivity index (χ0) is 12.6. The van der Waals surface area contributed by atoms with Crippen LogP contribution >= 0.6 is 39.0 Å². The fourth-order valence-corrected chi connectivity index (χ4v) is 6.10. The van der Waals surface area contributed by atoms with Crippen molar-refractivity contribution in [2.75, 3.05) is 18.1 Å². The van der Waals surface area contributed by atoms with Crippen molar-refractivity contribution in [1.29, 1.82) is 0 Å². The highest BCUT2D eigenvalue weighted by molar-refractivity contribution is 9.10. The Balaban J connectivity index is 1.74. The van der Waals surface area contributed by atoms with E-state index in [1.165, 1.54) is 21.5 Å². The summed E-state index contributed by atoms with van der Waals surface area (Å²) in [6.45, 7) is 0.877. The lowest BCUT2D eigenvalue weighted by molar-refractivity contribution is -0.0833. The molecule has 2 aliphatic rings. The highest BCUT2D eigenvalue weighted by Crippen LogP contribution is 2.44. The number of ether oxygens (including phenoxy) is 1. The fraction of sp³-hybridized carbons (Fsp3) is 0.692. The van der Waals surface area contributed by atoms with Crippen LogP contribution < -0.4 is 5.73 Å². The van der Waals surface area contributed by atoms with Crippen LogP contribution in [0.5, 0.6) is 0 Å². The SMILES string of the molecule is NC(c1sccc1Br)C1CCOC2(CCSC2)C1. The van der Waals surface area contributed by atoms with E-state index >= 15 is 0 Å². The van der Waals surface area contributed by atoms with Crippen molar-refractivity contribution >= 4 is 39.0 Å². The minimum absolute atomic E-state index is 0.134. The van der Waals surface area contributed by atoms with Crippen molar-refractivity contribution in [3.8, 4) is 0 Å². The zero-order valence-electron chi connectivity index (χ0n) is 10.2. The molecule has 0 aliphatic carbocycles. The molecule has 0 aromatic carbocycles. The van der Waals surface area contributed by atoms with Gasteiger partial charge in [-0.2, -0.15) is 11.8 Å². The van der Waals surface area contributed by atoms with E-state index in [9.17, 15) is 0 Å². The molecule has 2 aliphatic heterocycles. The van der Waals surface area contributed by atoms with Crippen molar-refractivity contribution < 1.29 is 4.74 Å². The van der Waals surface area contributed by atoms with Crippen molar-refractivity contribution in [3.63, 3.8) is 0 Å². The molecule has 0 amide bonds. The summed E-state index contributed by atoms with van der Waals surface area (Å²) in [6, 6.07) is 2.26. The third kappa shape index (κ3) is 2.52. The molecule has 1 aromatic rings. The highest BCUT2D eigenvalue weighted by Gasteiger charge is 2.42. The monoisotopic (exact) mass is 347 g/mol. The second kappa shape index (κ2) is 5.44. The van der Waals surface area contributed by atoms with Gasteiger partial charge in [-0.3, -0.25) is 0 Å². The third-order valence-electron chi connectivity index (χ3n) is 4.05. The van der Waals surface area contributed by atoms with E-state index in [-0.39, 0.29) is 11.6 Å². The molecule has 100 valence electrons. The Morgan fingerprint density at radius 2 is 2.44 bits per heavy atom. The van der Waals surface area contributed by atoms with Gasteiger partial charge in [0, 0.05) is 27.8 Å². The second-order valence-corrected chi connectivity index (χ2v) is 8.15. The van der Waals surface area contributed by atoms with Gasteiger partial charge in [-0.1, -0.05) is 0 Å². The largest absolute Gasteiger partial charge is 0.374 e. The Hall–Kier alpha value is 0.450. The van der Waals surface area contributed by atoms with Gasteiger partial charge < -0.3 is 10.5 Å². The molecule has 2 fully saturated rings. The van der Waals surface area contributed by atoms with Gasteiger partial charge >= 0.3 is 0 Å². The van der Waals surface area contributed by atoms with E-state index in [0.29, 0.717) is 5.92 Å². The summed E-state index contributed by atoms with van der Waals surface area (Å²) in [5.74, 6) is 2.96. The molecule has 1 aromatic heterocycles. The second-order valence-electron chi connectivity index (χ2n) is 5.25. The maximum atomic E-state index is 6.48. The van der Waals surface area contributed by atoms with E-state index in [2.05, 4.69) is 27.4 Å². The predicted molar refractivity (Wildman–Crippen MR) is 82.3 cm³/mol. The summed E-state index contributed by atoms with van der Waals surface area (Å²) in [6.07, 6.45) is 3.43. The van der Waals surface area contributed by atoms with Crippen molar-refractivity contribution in [2.24, 2.45) is 11.7 Å². The number of hydrogen-bond acceptors (Lipinski definition) is 4. The van der Waals surface area contributed by atoms with Crippen LogP contribution in [-0.4, -0.2) is 23.7 Å². The van der Waals surface area contributed by atoms with E-state index in [0.717, 1.165) is 25.2 Å². The van der Waals surface area contributed by atoms with Crippen LogP contribution in [0.25, 0.3) is 0 Å². The Kier molecular flexibility index (Phi) is 4.06. The van der Waals surface area contributed by atoms with Crippen LogP contribution in [0.15, 0.2) is 15.9 Å². The van der Waals surface area contributed by atoms with Crippen LogP contribution in [0, 0.1) is 5.92 Å². The van der Waals surface area contributed by atoms with Gasteiger partial charge in [0.1, 0.15) is 0 Å². The lowest BCUT2D eigenvalue weighted by Gasteiger charge is -2.39. The summed E-state index contributed by atoms with van der Waals surface area (Å²) in [5, 5.41) is 2.11. The smallest absolute Gasteiger partial charge is 0.0783 e. The molecule has 0 radical (unpaired) electrons. The lowest BCUT2D eigenvalue weighted by Crippen LogP contribution is -2.42. The van der Waals surface area contributed by atoms with E-state index < -0.39 is 0 Å². The highest BCUT2D eigenvalue weighted by atomic mass is 79.9. The van der Waals surface area contributed by atoms with Crippen LogP contribution in [-0.2, 0) is 4.74 Å². The number of thioether (sulfide) groups is 1. The normalized spacial score (nSPS) is 34.0. The van der Waals surface area contributed by atoms with Gasteiger partial charge in [0.2, 0.25) is 0 Å². The number of rotatable bonds is 2. The molecule has 0 saturated carbocycles. The topological polar surface area (TPSA) is 35.2 Å². The third-order valence-corrected chi connectivity index (χ3v) is 7.25. The first-order valence-corrected chi connectivity index (χ1v) is 9.23. The number of halogens is 1. The van der Waals surface area contributed by atoms with Gasteiger partial charge in [0.25, 0.3) is 0 Å². The molecule has 3 heterocycles. The lowest BCUT2D eigenvalue weighted by atomic mass is 9.81. The first-order chi connectivity index (χ1) is 8.70. The van der Waals surface area contributed by atoms with Gasteiger partial charge in [-0.15, -0.1) is 11.3 Å². The average molecular weight is 348 g/mol. The van der Waals surface area contributed by atoms with E-state index in [1.807, 2.05) is 11.8 Å². The van der Waals surface area contributed by atoms with Gasteiger partial charge in [0.15, 0.2) is 0 Å². The molecule has 2 saturated heterocycles. The van der Waals surface area contributed by atoms with Gasteiger partial charge in [0.05, 0.1) is 5.60 Å². The average Bonchev–Trinajstić information content (AvgIpc) is 2.98.